The highest BCUT2D eigenvalue weighted by molar-refractivity contribution is 7.89. The van der Waals surface area contributed by atoms with Crippen LogP contribution in [-0.2, 0) is 20.6 Å². The van der Waals surface area contributed by atoms with E-state index in [1.807, 2.05) is 13.0 Å². The van der Waals surface area contributed by atoms with Crippen molar-refractivity contribution in [1.82, 2.24) is 4.31 Å². The number of hydrogen-bond donors (Lipinski definition) is 0. The Bertz CT molecular complexity index is 632. The Labute approximate surface area is 131 Å². The van der Waals surface area contributed by atoms with Crippen molar-refractivity contribution in [2.45, 2.75) is 49.1 Å². The fraction of sp³-hybridized carbons (Fsp3) is 0.600. The normalized spacial score (nSPS) is 26.8. The van der Waals surface area contributed by atoms with Crippen LogP contribution in [0.2, 0.25) is 0 Å². The lowest BCUT2D eigenvalue weighted by Gasteiger charge is -2.36. The summed E-state index contributed by atoms with van der Waals surface area (Å²) < 4.78 is 33.5. The molecular formula is C15H20ClNO3S. The van der Waals surface area contributed by atoms with Crippen molar-refractivity contribution < 1.29 is 13.2 Å². The van der Waals surface area contributed by atoms with Crippen LogP contribution in [0.15, 0.2) is 23.1 Å². The Morgan fingerprint density at radius 2 is 2.19 bits per heavy atom. The zero-order valence-corrected chi connectivity index (χ0v) is 13.7. The molecule has 0 spiro atoms. The molecule has 0 bridgehead atoms. The summed E-state index contributed by atoms with van der Waals surface area (Å²) in [6.45, 7) is 2.75. The van der Waals surface area contributed by atoms with E-state index in [9.17, 15) is 8.42 Å². The Morgan fingerprint density at radius 1 is 1.38 bits per heavy atom. The molecule has 0 amide bonds. The zero-order valence-electron chi connectivity index (χ0n) is 12.1. The maximum Gasteiger partial charge on any atom is 0.243 e. The molecule has 2 aliphatic rings. The summed E-state index contributed by atoms with van der Waals surface area (Å²) >= 11 is 5.90. The summed E-state index contributed by atoms with van der Waals surface area (Å²) in [6, 6.07) is 5.31. The van der Waals surface area contributed by atoms with Crippen molar-refractivity contribution in [3.05, 3.63) is 29.3 Å². The topological polar surface area (TPSA) is 46.6 Å². The van der Waals surface area contributed by atoms with E-state index in [0.29, 0.717) is 23.9 Å². The summed E-state index contributed by atoms with van der Waals surface area (Å²) in [5.74, 6) is 0.324. The number of nitrogens with zero attached hydrogens (tertiary/aromatic N) is 1. The van der Waals surface area contributed by atoms with E-state index in [4.69, 9.17) is 16.3 Å². The van der Waals surface area contributed by atoms with Gasteiger partial charge in [-0.05, 0) is 43.4 Å². The van der Waals surface area contributed by atoms with Crippen LogP contribution in [0, 0.1) is 6.92 Å². The smallest absolute Gasteiger partial charge is 0.243 e. The van der Waals surface area contributed by atoms with E-state index in [1.165, 1.54) is 0 Å². The third kappa shape index (κ3) is 2.61. The average Bonchev–Trinajstić information content (AvgIpc) is 2.95. The zero-order chi connectivity index (χ0) is 15.0. The van der Waals surface area contributed by atoms with Crippen LogP contribution in [0.25, 0.3) is 0 Å². The van der Waals surface area contributed by atoms with E-state index >= 15 is 0 Å². The minimum atomic E-state index is -3.48. The Morgan fingerprint density at radius 3 is 2.95 bits per heavy atom. The second kappa shape index (κ2) is 5.88. The van der Waals surface area contributed by atoms with Crippen molar-refractivity contribution in [3.8, 4) is 0 Å². The quantitative estimate of drug-likeness (QED) is 0.801. The number of fused-ring (bicyclic) bond motifs is 1. The number of alkyl halides is 1. The lowest BCUT2D eigenvalue weighted by Crippen LogP contribution is -2.51. The highest BCUT2D eigenvalue weighted by Gasteiger charge is 2.42. The third-order valence-corrected chi connectivity index (χ3v) is 6.91. The molecule has 1 heterocycles. The number of benzene rings is 1. The fourth-order valence-corrected chi connectivity index (χ4v) is 5.62. The average molecular weight is 330 g/mol. The third-order valence-electron chi connectivity index (χ3n) is 4.56. The summed E-state index contributed by atoms with van der Waals surface area (Å²) in [5, 5.41) is 0. The first-order chi connectivity index (χ1) is 10.1. The van der Waals surface area contributed by atoms with Gasteiger partial charge in [-0.2, -0.15) is 4.31 Å². The van der Waals surface area contributed by atoms with Crippen LogP contribution < -0.4 is 0 Å². The summed E-state index contributed by atoms with van der Waals surface area (Å²) in [6.07, 6.45) is 2.93. The standard InChI is InChI=1S/C15H20ClNO3S/c1-11-12(10-16)4-2-7-15(11)21(18,19)17-8-9-20-14-6-3-5-13(14)17/h2,4,7,13-14H,3,5-6,8-10H2,1H3. The molecule has 1 aromatic carbocycles. The van der Waals surface area contributed by atoms with Gasteiger partial charge >= 0.3 is 0 Å². The number of ether oxygens (including phenoxy) is 1. The first-order valence-electron chi connectivity index (χ1n) is 7.33. The minimum absolute atomic E-state index is 0.0113. The number of halogens is 1. The Balaban J connectivity index is 2.00. The van der Waals surface area contributed by atoms with Crippen molar-refractivity contribution in [2.75, 3.05) is 13.2 Å². The van der Waals surface area contributed by atoms with Crippen molar-refractivity contribution >= 4 is 21.6 Å². The van der Waals surface area contributed by atoms with E-state index in [0.717, 1.165) is 30.4 Å². The van der Waals surface area contributed by atoms with Gasteiger partial charge in [-0.15, -0.1) is 11.6 Å². The molecule has 116 valence electrons. The fourth-order valence-electron chi connectivity index (χ4n) is 3.40. The van der Waals surface area contributed by atoms with Crippen LogP contribution in [0.3, 0.4) is 0 Å². The summed E-state index contributed by atoms with van der Waals surface area (Å²) in [5.41, 5.74) is 1.63. The van der Waals surface area contributed by atoms with Crippen LogP contribution in [0.4, 0.5) is 0 Å². The molecule has 3 rings (SSSR count). The lowest BCUT2D eigenvalue weighted by atomic mass is 10.1. The van der Waals surface area contributed by atoms with Crippen LogP contribution in [-0.4, -0.2) is 38.0 Å². The highest BCUT2D eigenvalue weighted by atomic mass is 35.5. The molecule has 1 saturated heterocycles. The van der Waals surface area contributed by atoms with E-state index in [-0.39, 0.29) is 12.1 Å². The molecular weight excluding hydrogens is 310 g/mol. The van der Waals surface area contributed by atoms with Gasteiger partial charge in [0.1, 0.15) is 0 Å². The summed E-state index contributed by atoms with van der Waals surface area (Å²) in [4.78, 5) is 0.383. The molecule has 4 nitrogen and oxygen atoms in total. The Hall–Kier alpha value is -0.620. The van der Waals surface area contributed by atoms with E-state index in [1.54, 1.807) is 16.4 Å². The first-order valence-corrected chi connectivity index (χ1v) is 9.31. The molecule has 21 heavy (non-hydrogen) atoms. The molecule has 0 aromatic heterocycles. The van der Waals surface area contributed by atoms with Crippen LogP contribution >= 0.6 is 11.6 Å². The second-order valence-electron chi connectivity index (χ2n) is 5.70. The molecule has 0 N–H and O–H groups in total. The first kappa shape index (κ1) is 15.3. The monoisotopic (exact) mass is 329 g/mol. The maximum atomic E-state index is 13.0. The molecule has 1 saturated carbocycles. The molecule has 1 aromatic rings. The largest absolute Gasteiger partial charge is 0.375 e. The predicted octanol–water partition coefficient (Wildman–Crippen LogP) is 2.68. The number of morpholine rings is 1. The molecule has 1 aliphatic heterocycles. The maximum absolute atomic E-state index is 13.0. The van der Waals surface area contributed by atoms with E-state index < -0.39 is 10.0 Å². The minimum Gasteiger partial charge on any atom is -0.375 e. The van der Waals surface area contributed by atoms with E-state index in [2.05, 4.69) is 0 Å². The molecule has 6 heteroatoms. The van der Waals surface area contributed by atoms with Gasteiger partial charge in [-0.3, -0.25) is 0 Å². The van der Waals surface area contributed by atoms with Gasteiger partial charge in [-0.1, -0.05) is 12.1 Å². The van der Waals surface area contributed by atoms with Gasteiger partial charge < -0.3 is 4.74 Å². The number of sulfonamides is 1. The molecule has 0 radical (unpaired) electrons. The number of rotatable bonds is 3. The predicted molar refractivity (Wildman–Crippen MR) is 82.0 cm³/mol. The SMILES string of the molecule is Cc1c(CCl)cccc1S(=O)(=O)N1CCOC2CCCC21. The van der Waals surface area contributed by atoms with Gasteiger partial charge in [0.2, 0.25) is 10.0 Å². The molecule has 2 fully saturated rings. The molecule has 2 unspecified atom stereocenters. The highest BCUT2D eigenvalue weighted by Crippen LogP contribution is 2.34. The molecule has 1 aliphatic carbocycles. The molecule has 2 atom stereocenters. The van der Waals surface area contributed by atoms with Gasteiger partial charge in [0.15, 0.2) is 0 Å². The Kier molecular flexibility index (Phi) is 4.28. The van der Waals surface area contributed by atoms with Crippen LogP contribution in [0.5, 0.6) is 0 Å². The van der Waals surface area contributed by atoms with Crippen molar-refractivity contribution in [3.63, 3.8) is 0 Å². The number of hydrogen-bond acceptors (Lipinski definition) is 3. The van der Waals surface area contributed by atoms with Gasteiger partial charge in [0, 0.05) is 12.4 Å². The van der Waals surface area contributed by atoms with Gasteiger partial charge in [0.05, 0.1) is 23.6 Å². The van der Waals surface area contributed by atoms with Crippen molar-refractivity contribution in [2.24, 2.45) is 0 Å². The van der Waals surface area contributed by atoms with Crippen molar-refractivity contribution in [1.29, 1.82) is 0 Å². The lowest BCUT2D eigenvalue weighted by molar-refractivity contribution is -0.0241. The van der Waals surface area contributed by atoms with Crippen LogP contribution in [0.1, 0.15) is 30.4 Å². The second-order valence-corrected chi connectivity index (χ2v) is 7.82. The summed E-state index contributed by atoms with van der Waals surface area (Å²) in [7, 11) is -3.48. The van der Waals surface area contributed by atoms with Gasteiger partial charge in [0.25, 0.3) is 0 Å². The van der Waals surface area contributed by atoms with Gasteiger partial charge in [-0.25, -0.2) is 8.42 Å².